The molecule has 0 spiro atoms. The van der Waals surface area contributed by atoms with E-state index in [9.17, 15) is 23.1 Å². The first-order valence-corrected chi connectivity index (χ1v) is 4.91. The zero-order valence-corrected chi connectivity index (χ0v) is 9.19. The first-order valence-electron chi connectivity index (χ1n) is 4.91. The lowest BCUT2D eigenvalue weighted by atomic mass is 10.1. The highest BCUT2D eigenvalue weighted by Crippen LogP contribution is 2.35. The summed E-state index contributed by atoms with van der Waals surface area (Å²) in [6.07, 6.45) is -4.63. The standard InChI is InChI=1S/C10H7F3N4O2/c11-10(12,13)5-1-4(2-6(18)3-5)7-8(9(14)19)16-17-15-7/h1-3,18H,(H2,14,19)(H,15,16,17). The van der Waals surface area contributed by atoms with Gasteiger partial charge >= 0.3 is 6.18 Å². The van der Waals surface area contributed by atoms with Gasteiger partial charge in [-0.1, -0.05) is 0 Å². The number of nitrogens with zero attached hydrogens (tertiary/aromatic N) is 2. The first kappa shape index (κ1) is 12.9. The van der Waals surface area contributed by atoms with Gasteiger partial charge in [0.05, 0.1) is 5.56 Å². The molecule has 0 fully saturated rings. The molecule has 0 bridgehead atoms. The molecule has 1 aromatic carbocycles. The van der Waals surface area contributed by atoms with Crippen molar-refractivity contribution >= 4 is 5.91 Å². The zero-order valence-electron chi connectivity index (χ0n) is 9.19. The molecular weight excluding hydrogens is 265 g/mol. The number of aromatic hydroxyl groups is 1. The van der Waals surface area contributed by atoms with Gasteiger partial charge in [-0.3, -0.25) is 4.79 Å². The van der Waals surface area contributed by atoms with Crippen LogP contribution < -0.4 is 5.73 Å². The van der Waals surface area contributed by atoms with Crippen LogP contribution in [0.4, 0.5) is 13.2 Å². The third-order valence-electron chi connectivity index (χ3n) is 2.30. The SMILES string of the molecule is NC(=O)c1n[nH]nc1-c1cc(O)cc(C(F)(F)F)c1. The normalized spacial score (nSPS) is 11.5. The van der Waals surface area contributed by atoms with Crippen LogP contribution in [0.25, 0.3) is 11.3 Å². The minimum Gasteiger partial charge on any atom is -0.508 e. The van der Waals surface area contributed by atoms with Crippen LogP contribution in [-0.4, -0.2) is 26.4 Å². The summed E-state index contributed by atoms with van der Waals surface area (Å²) in [6, 6.07) is 2.33. The molecule has 2 rings (SSSR count). The Kier molecular flexibility index (Phi) is 2.89. The van der Waals surface area contributed by atoms with Gasteiger partial charge in [-0.25, -0.2) is 0 Å². The van der Waals surface area contributed by atoms with Gasteiger partial charge in [0.15, 0.2) is 5.69 Å². The van der Waals surface area contributed by atoms with Crippen LogP contribution in [0.3, 0.4) is 0 Å². The van der Waals surface area contributed by atoms with Crippen LogP contribution in [0, 0.1) is 0 Å². The number of benzene rings is 1. The summed E-state index contributed by atoms with van der Waals surface area (Å²) >= 11 is 0. The molecule has 2 aromatic rings. The fourth-order valence-corrected chi connectivity index (χ4v) is 1.52. The molecule has 6 nitrogen and oxygen atoms in total. The number of carbonyl (C=O) groups excluding carboxylic acids is 1. The van der Waals surface area contributed by atoms with Crippen molar-refractivity contribution in [3.63, 3.8) is 0 Å². The molecule has 1 aromatic heterocycles. The molecule has 0 atom stereocenters. The lowest BCUT2D eigenvalue weighted by Crippen LogP contribution is -2.13. The van der Waals surface area contributed by atoms with Gasteiger partial charge in [-0.05, 0) is 18.2 Å². The number of halogens is 3. The number of hydrogen-bond acceptors (Lipinski definition) is 4. The average Bonchev–Trinajstić information content (AvgIpc) is 2.75. The molecule has 0 aliphatic heterocycles. The van der Waals surface area contributed by atoms with Gasteiger partial charge in [-0.15, -0.1) is 0 Å². The van der Waals surface area contributed by atoms with E-state index < -0.39 is 23.4 Å². The second-order valence-electron chi connectivity index (χ2n) is 3.65. The van der Waals surface area contributed by atoms with Crippen LogP contribution in [-0.2, 0) is 6.18 Å². The Morgan fingerprint density at radius 2 is 1.95 bits per heavy atom. The van der Waals surface area contributed by atoms with E-state index in [1.807, 2.05) is 0 Å². The molecule has 0 radical (unpaired) electrons. The third kappa shape index (κ3) is 2.49. The summed E-state index contributed by atoms with van der Waals surface area (Å²) in [4.78, 5) is 11.0. The van der Waals surface area contributed by atoms with Gasteiger partial charge in [-0.2, -0.15) is 28.6 Å². The van der Waals surface area contributed by atoms with Crippen molar-refractivity contribution in [3.8, 4) is 17.0 Å². The van der Waals surface area contributed by atoms with E-state index in [0.29, 0.717) is 6.07 Å². The van der Waals surface area contributed by atoms with Gasteiger partial charge in [0.1, 0.15) is 11.4 Å². The Morgan fingerprint density at radius 1 is 1.26 bits per heavy atom. The number of rotatable bonds is 2. The average molecular weight is 272 g/mol. The number of aromatic nitrogens is 3. The predicted octanol–water partition coefficient (Wildman–Crippen LogP) is 1.29. The van der Waals surface area contributed by atoms with Crippen LogP contribution in [0.2, 0.25) is 0 Å². The predicted molar refractivity (Wildman–Crippen MR) is 57.0 cm³/mol. The molecule has 1 amide bonds. The Hall–Kier alpha value is -2.58. The molecule has 0 saturated carbocycles. The summed E-state index contributed by atoms with van der Waals surface area (Å²) < 4.78 is 37.8. The topological polar surface area (TPSA) is 105 Å². The Balaban J connectivity index is 2.60. The molecule has 0 saturated heterocycles. The highest BCUT2D eigenvalue weighted by Gasteiger charge is 2.32. The van der Waals surface area contributed by atoms with Gasteiger partial charge in [0.2, 0.25) is 0 Å². The zero-order chi connectivity index (χ0) is 14.2. The fourth-order valence-electron chi connectivity index (χ4n) is 1.52. The van der Waals surface area contributed by atoms with E-state index in [1.54, 1.807) is 0 Å². The van der Waals surface area contributed by atoms with Crippen molar-refractivity contribution in [2.24, 2.45) is 5.73 Å². The van der Waals surface area contributed by atoms with Crippen molar-refractivity contribution in [2.45, 2.75) is 6.18 Å². The monoisotopic (exact) mass is 272 g/mol. The van der Waals surface area contributed by atoms with E-state index in [0.717, 1.165) is 12.1 Å². The van der Waals surface area contributed by atoms with Crippen LogP contribution in [0.5, 0.6) is 5.75 Å². The van der Waals surface area contributed by atoms with Crippen molar-refractivity contribution in [3.05, 3.63) is 29.5 Å². The smallest absolute Gasteiger partial charge is 0.416 e. The minimum atomic E-state index is -4.63. The van der Waals surface area contributed by atoms with Crippen LogP contribution in [0.1, 0.15) is 16.1 Å². The Bertz CT molecular complexity index is 636. The highest BCUT2D eigenvalue weighted by molar-refractivity contribution is 5.96. The number of nitrogens with one attached hydrogen (secondary N) is 1. The number of carbonyl (C=O) groups is 1. The Morgan fingerprint density at radius 3 is 2.53 bits per heavy atom. The van der Waals surface area contributed by atoms with Crippen LogP contribution >= 0.6 is 0 Å². The molecule has 100 valence electrons. The number of hydrogen-bond donors (Lipinski definition) is 3. The minimum absolute atomic E-state index is 0.116. The largest absolute Gasteiger partial charge is 0.508 e. The summed E-state index contributed by atoms with van der Waals surface area (Å²) in [7, 11) is 0. The van der Waals surface area contributed by atoms with Crippen molar-refractivity contribution in [2.75, 3.05) is 0 Å². The summed E-state index contributed by atoms with van der Waals surface area (Å²) in [5, 5.41) is 18.4. The number of H-pyrrole nitrogens is 1. The summed E-state index contributed by atoms with van der Waals surface area (Å²) in [5.74, 6) is -1.55. The molecule has 0 aliphatic carbocycles. The lowest BCUT2D eigenvalue weighted by Gasteiger charge is -2.09. The number of amides is 1. The second-order valence-corrected chi connectivity index (χ2v) is 3.65. The molecule has 9 heteroatoms. The van der Waals surface area contributed by atoms with Crippen LogP contribution in [0.15, 0.2) is 18.2 Å². The molecule has 1 heterocycles. The Labute approximate surface area is 104 Å². The van der Waals surface area contributed by atoms with E-state index in [4.69, 9.17) is 5.73 Å². The van der Waals surface area contributed by atoms with E-state index in [2.05, 4.69) is 15.4 Å². The quantitative estimate of drug-likeness (QED) is 0.766. The van der Waals surface area contributed by atoms with E-state index >= 15 is 0 Å². The second kappa shape index (κ2) is 4.26. The number of primary amides is 1. The maximum absolute atomic E-state index is 12.6. The first-order chi connectivity index (χ1) is 8.79. The molecule has 19 heavy (non-hydrogen) atoms. The summed E-state index contributed by atoms with van der Waals surface area (Å²) in [6.45, 7) is 0. The number of aromatic amines is 1. The molecule has 0 unspecified atom stereocenters. The van der Waals surface area contributed by atoms with Crippen molar-refractivity contribution in [1.82, 2.24) is 15.4 Å². The number of phenols is 1. The maximum atomic E-state index is 12.6. The third-order valence-corrected chi connectivity index (χ3v) is 2.30. The molecular formula is C10H7F3N4O2. The van der Waals surface area contributed by atoms with Crippen molar-refractivity contribution in [1.29, 1.82) is 0 Å². The van der Waals surface area contributed by atoms with Gasteiger partial charge < -0.3 is 10.8 Å². The molecule has 0 aliphatic rings. The number of nitrogens with two attached hydrogens (primary N) is 1. The maximum Gasteiger partial charge on any atom is 0.416 e. The van der Waals surface area contributed by atoms with Gasteiger partial charge in [0, 0.05) is 5.56 Å². The highest BCUT2D eigenvalue weighted by atomic mass is 19.4. The van der Waals surface area contributed by atoms with E-state index in [1.165, 1.54) is 0 Å². The number of phenolic OH excluding ortho intramolecular Hbond substituents is 1. The van der Waals surface area contributed by atoms with Gasteiger partial charge in [0.25, 0.3) is 5.91 Å². The fraction of sp³-hybridized carbons (Fsp3) is 0.100. The van der Waals surface area contributed by atoms with E-state index in [-0.39, 0.29) is 17.0 Å². The molecule has 4 N–H and O–H groups in total. The lowest BCUT2D eigenvalue weighted by molar-refractivity contribution is -0.137. The number of alkyl halides is 3. The van der Waals surface area contributed by atoms with Crippen molar-refractivity contribution < 1.29 is 23.1 Å². The summed E-state index contributed by atoms with van der Waals surface area (Å²) in [5.41, 5.74) is 3.36.